The first-order valence-corrected chi connectivity index (χ1v) is 9.83. The molecule has 142 valence electrons. The Kier molecular flexibility index (Phi) is 7.50. The van der Waals surface area contributed by atoms with Gasteiger partial charge in [0, 0.05) is 34.4 Å². The van der Waals surface area contributed by atoms with Crippen LogP contribution in [-0.2, 0) is 0 Å². The highest BCUT2D eigenvalue weighted by Gasteiger charge is 2.13. The number of benzene rings is 2. The van der Waals surface area contributed by atoms with Gasteiger partial charge in [-0.05, 0) is 75.0 Å². The van der Waals surface area contributed by atoms with Crippen LogP contribution in [0.4, 0.5) is 5.69 Å². The number of amides is 2. The topological polar surface area (TPSA) is 61.4 Å². The van der Waals surface area contributed by atoms with E-state index >= 15 is 0 Å². The smallest absolute Gasteiger partial charge is 0.257 e. The number of halogens is 1. The van der Waals surface area contributed by atoms with Crippen molar-refractivity contribution in [1.82, 2.24) is 10.2 Å². The Bertz CT molecular complexity index is 849. The summed E-state index contributed by atoms with van der Waals surface area (Å²) in [5.74, 6) is -0.297. The number of rotatable bonds is 5. The number of hydrogen-bond donors (Lipinski definition) is 2. The fourth-order valence-electron chi connectivity index (χ4n) is 2.46. The number of anilines is 1. The second-order valence-corrected chi connectivity index (χ2v) is 7.19. The number of aryl methyl sites for hydroxylation is 1. The molecule has 2 aromatic rings. The van der Waals surface area contributed by atoms with Gasteiger partial charge < -0.3 is 10.2 Å². The first-order valence-electron chi connectivity index (χ1n) is 8.63. The maximum atomic E-state index is 12.3. The fourth-order valence-corrected chi connectivity index (χ4v) is 3.05. The summed E-state index contributed by atoms with van der Waals surface area (Å²) in [6.45, 7) is 7.18. The van der Waals surface area contributed by atoms with Gasteiger partial charge in [0.05, 0.1) is 0 Å². The molecule has 5 nitrogen and oxygen atoms in total. The predicted molar refractivity (Wildman–Crippen MR) is 116 cm³/mol. The van der Waals surface area contributed by atoms with Crippen molar-refractivity contribution in [2.24, 2.45) is 0 Å². The van der Waals surface area contributed by atoms with Crippen molar-refractivity contribution in [3.8, 4) is 0 Å². The molecule has 0 unspecified atom stereocenters. The van der Waals surface area contributed by atoms with E-state index in [4.69, 9.17) is 12.2 Å². The summed E-state index contributed by atoms with van der Waals surface area (Å²) in [5.41, 5.74) is 2.87. The summed E-state index contributed by atoms with van der Waals surface area (Å²) in [6.07, 6.45) is 0. The maximum absolute atomic E-state index is 12.3. The standard InChI is InChI=1S/C20H22BrN3O2S/c1-4-24(5-2)19(26)14-8-10-16(11-9-14)22-20(27)23-18(25)15-7-6-13(3)17(21)12-15/h6-12H,4-5H2,1-3H3,(H2,22,23,25,27). The van der Waals surface area contributed by atoms with Crippen molar-refractivity contribution < 1.29 is 9.59 Å². The number of nitrogens with zero attached hydrogens (tertiary/aromatic N) is 1. The molecule has 2 amide bonds. The van der Waals surface area contributed by atoms with E-state index in [9.17, 15) is 9.59 Å². The van der Waals surface area contributed by atoms with Gasteiger partial charge >= 0.3 is 0 Å². The van der Waals surface area contributed by atoms with E-state index in [0.717, 1.165) is 10.0 Å². The third-order valence-corrected chi connectivity index (χ3v) is 5.16. The summed E-state index contributed by atoms with van der Waals surface area (Å²) < 4.78 is 0.863. The molecular formula is C20H22BrN3O2S. The van der Waals surface area contributed by atoms with E-state index in [0.29, 0.717) is 29.9 Å². The Hall–Kier alpha value is -2.25. The van der Waals surface area contributed by atoms with Crippen molar-refractivity contribution in [1.29, 1.82) is 0 Å². The molecule has 27 heavy (non-hydrogen) atoms. The molecule has 0 aliphatic heterocycles. The van der Waals surface area contributed by atoms with Crippen LogP contribution in [0.25, 0.3) is 0 Å². The van der Waals surface area contributed by atoms with Crippen LogP contribution >= 0.6 is 28.1 Å². The van der Waals surface area contributed by atoms with Crippen LogP contribution in [-0.4, -0.2) is 34.9 Å². The minimum atomic E-state index is -0.290. The summed E-state index contributed by atoms with van der Waals surface area (Å²) in [4.78, 5) is 26.4. The van der Waals surface area contributed by atoms with Gasteiger partial charge in [0.2, 0.25) is 0 Å². The zero-order valence-electron chi connectivity index (χ0n) is 15.5. The monoisotopic (exact) mass is 447 g/mol. The Morgan fingerprint density at radius 2 is 1.63 bits per heavy atom. The summed E-state index contributed by atoms with van der Waals surface area (Å²) >= 11 is 8.62. The minimum absolute atomic E-state index is 0.00706. The third-order valence-electron chi connectivity index (χ3n) is 4.10. The number of thiocarbonyl (C=S) groups is 1. The van der Waals surface area contributed by atoms with Gasteiger partial charge in [0.25, 0.3) is 11.8 Å². The number of carbonyl (C=O) groups is 2. The van der Waals surface area contributed by atoms with Gasteiger partial charge in [-0.25, -0.2) is 0 Å². The van der Waals surface area contributed by atoms with Crippen molar-refractivity contribution >= 4 is 50.8 Å². The molecule has 0 saturated carbocycles. The molecule has 0 saturated heterocycles. The number of carbonyl (C=O) groups excluding carboxylic acids is 2. The lowest BCUT2D eigenvalue weighted by Gasteiger charge is -2.18. The fraction of sp³-hybridized carbons (Fsp3) is 0.250. The highest BCUT2D eigenvalue weighted by molar-refractivity contribution is 9.10. The van der Waals surface area contributed by atoms with Gasteiger partial charge in [0.1, 0.15) is 0 Å². The zero-order valence-corrected chi connectivity index (χ0v) is 17.9. The van der Waals surface area contributed by atoms with E-state index in [2.05, 4.69) is 26.6 Å². The highest BCUT2D eigenvalue weighted by atomic mass is 79.9. The number of nitrogens with one attached hydrogen (secondary N) is 2. The third kappa shape index (κ3) is 5.61. The van der Waals surface area contributed by atoms with E-state index < -0.39 is 0 Å². The number of hydrogen-bond acceptors (Lipinski definition) is 3. The van der Waals surface area contributed by atoms with E-state index in [-0.39, 0.29) is 16.9 Å². The average Bonchev–Trinajstić information content (AvgIpc) is 2.65. The second-order valence-electron chi connectivity index (χ2n) is 5.93. The summed E-state index contributed by atoms with van der Waals surface area (Å²) in [5, 5.41) is 5.80. The minimum Gasteiger partial charge on any atom is -0.339 e. The Balaban J connectivity index is 1.98. The molecule has 7 heteroatoms. The molecule has 2 aromatic carbocycles. The van der Waals surface area contributed by atoms with Gasteiger partial charge in [-0.15, -0.1) is 0 Å². The van der Waals surface area contributed by atoms with E-state index in [1.165, 1.54) is 0 Å². The molecule has 0 aliphatic carbocycles. The van der Waals surface area contributed by atoms with Crippen molar-refractivity contribution in [3.63, 3.8) is 0 Å². The SMILES string of the molecule is CCN(CC)C(=O)c1ccc(NC(=S)NC(=O)c2ccc(C)c(Br)c2)cc1. The lowest BCUT2D eigenvalue weighted by molar-refractivity contribution is 0.0772. The molecule has 0 heterocycles. The maximum Gasteiger partial charge on any atom is 0.257 e. The van der Waals surface area contributed by atoms with Crippen LogP contribution in [0.15, 0.2) is 46.9 Å². The van der Waals surface area contributed by atoms with Gasteiger partial charge in [0.15, 0.2) is 5.11 Å². The normalized spacial score (nSPS) is 10.2. The summed E-state index contributed by atoms with van der Waals surface area (Å²) in [6, 6.07) is 12.4. The van der Waals surface area contributed by atoms with Crippen molar-refractivity contribution in [2.75, 3.05) is 18.4 Å². The van der Waals surface area contributed by atoms with Crippen LogP contribution in [0.2, 0.25) is 0 Å². The lowest BCUT2D eigenvalue weighted by Crippen LogP contribution is -2.34. The molecule has 0 aromatic heterocycles. The molecule has 0 spiro atoms. The van der Waals surface area contributed by atoms with Crippen molar-refractivity contribution in [2.45, 2.75) is 20.8 Å². The molecular weight excluding hydrogens is 426 g/mol. The van der Waals surface area contributed by atoms with Crippen LogP contribution in [0.5, 0.6) is 0 Å². The summed E-state index contributed by atoms with van der Waals surface area (Å²) in [7, 11) is 0. The van der Waals surface area contributed by atoms with Crippen LogP contribution < -0.4 is 10.6 Å². The molecule has 0 aliphatic rings. The molecule has 0 fully saturated rings. The second kappa shape index (κ2) is 9.62. The Morgan fingerprint density at radius 1 is 1.04 bits per heavy atom. The Morgan fingerprint density at radius 3 is 2.19 bits per heavy atom. The average molecular weight is 448 g/mol. The van der Waals surface area contributed by atoms with Gasteiger partial charge in [-0.2, -0.15) is 0 Å². The Labute approximate surface area is 173 Å². The predicted octanol–water partition coefficient (Wildman–Crippen LogP) is 4.37. The van der Waals surface area contributed by atoms with Gasteiger partial charge in [-0.1, -0.05) is 22.0 Å². The molecule has 2 N–H and O–H groups in total. The molecule has 0 radical (unpaired) electrons. The quantitative estimate of drug-likeness (QED) is 0.668. The highest BCUT2D eigenvalue weighted by Crippen LogP contribution is 2.17. The van der Waals surface area contributed by atoms with Crippen LogP contribution in [0.3, 0.4) is 0 Å². The van der Waals surface area contributed by atoms with E-state index in [1.54, 1.807) is 41.3 Å². The van der Waals surface area contributed by atoms with E-state index in [1.807, 2.05) is 26.8 Å². The van der Waals surface area contributed by atoms with Gasteiger partial charge in [-0.3, -0.25) is 14.9 Å². The molecule has 0 bridgehead atoms. The first kappa shape index (κ1) is 21.1. The lowest BCUT2D eigenvalue weighted by atomic mass is 10.1. The van der Waals surface area contributed by atoms with Crippen LogP contribution in [0, 0.1) is 6.92 Å². The van der Waals surface area contributed by atoms with Crippen molar-refractivity contribution in [3.05, 3.63) is 63.6 Å². The largest absolute Gasteiger partial charge is 0.339 e. The molecule has 2 rings (SSSR count). The van der Waals surface area contributed by atoms with Crippen LogP contribution in [0.1, 0.15) is 40.1 Å². The first-order chi connectivity index (χ1) is 12.8. The zero-order chi connectivity index (χ0) is 20.0. The molecule has 0 atom stereocenters.